The van der Waals surface area contributed by atoms with Gasteiger partial charge in [0.05, 0.1) is 13.0 Å². The van der Waals surface area contributed by atoms with Crippen molar-refractivity contribution in [2.24, 2.45) is 5.92 Å². The summed E-state index contributed by atoms with van der Waals surface area (Å²) in [5, 5.41) is 13.3. The number of anilines is 2. The Balaban J connectivity index is 1.76. The molecule has 11 heteroatoms. The molecule has 0 saturated carbocycles. The van der Waals surface area contributed by atoms with Crippen LogP contribution in [0.1, 0.15) is 51.7 Å². The maximum atomic E-state index is 13.1. The molecule has 2 heterocycles. The van der Waals surface area contributed by atoms with Crippen LogP contribution < -0.4 is 10.2 Å². The summed E-state index contributed by atoms with van der Waals surface area (Å²) >= 11 is 0. The van der Waals surface area contributed by atoms with Gasteiger partial charge in [-0.15, -0.1) is 0 Å². The van der Waals surface area contributed by atoms with Gasteiger partial charge < -0.3 is 24.8 Å². The lowest BCUT2D eigenvalue weighted by atomic mass is 9.96. The van der Waals surface area contributed by atoms with Crippen LogP contribution >= 0.6 is 0 Å². The van der Waals surface area contributed by atoms with Crippen LogP contribution in [-0.4, -0.2) is 76.3 Å². The van der Waals surface area contributed by atoms with E-state index in [1.54, 1.807) is 20.8 Å². The molecule has 1 atom stereocenters. The van der Waals surface area contributed by atoms with Crippen molar-refractivity contribution in [2.75, 3.05) is 37.0 Å². The summed E-state index contributed by atoms with van der Waals surface area (Å²) in [7, 11) is 1.40. The summed E-state index contributed by atoms with van der Waals surface area (Å²) < 4.78 is 10.4. The minimum absolute atomic E-state index is 0.0357. The topological polar surface area (TPSA) is 134 Å². The average molecular weight is 542 g/mol. The van der Waals surface area contributed by atoms with Gasteiger partial charge in [-0.25, -0.2) is 19.6 Å². The Bertz CT molecular complexity index is 1130. The Morgan fingerprint density at radius 1 is 1.15 bits per heavy atom. The quantitative estimate of drug-likeness (QED) is 0.429. The number of methoxy groups -OCH3 is 1. The Kier molecular flexibility index (Phi) is 10.1. The molecule has 2 aromatic rings. The average Bonchev–Trinajstić information content (AvgIpc) is 2.93. The molecule has 212 valence electrons. The van der Waals surface area contributed by atoms with Crippen LogP contribution in [0.4, 0.5) is 16.4 Å². The first-order chi connectivity index (χ1) is 18.6. The zero-order valence-corrected chi connectivity index (χ0v) is 23.3. The lowest BCUT2D eigenvalue weighted by molar-refractivity contribution is -0.146. The molecule has 1 aliphatic rings. The number of piperidine rings is 1. The third-order valence-electron chi connectivity index (χ3n) is 6.79. The number of hydrogen-bond donors (Lipinski definition) is 2. The number of rotatable bonds is 10. The second kappa shape index (κ2) is 13.3. The number of esters is 1. The van der Waals surface area contributed by atoms with Crippen LogP contribution in [0.3, 0.4) is 0 Å². The Labute approximate surface area is 229 Å². The molecule has 11 nitrogen and oxygen atoms in total. The second-order valence-corrected chi connectivity index (χ2v) is 10.5. The molecular formula is C28H39N5O6. The lowest BCUT2D eigenvalue weighted by Gasteiger charge is -2.39. The van der Waals surface area contributed by atoms with Gasteiger partial charge in [-0.2, -0.15) is 0 Å². The molecular weight excluding hydrogens is 502 g/mol. The van der Waals surface area contributed by atoms with E-state index in [2.05, 4.69) is 20.2 Å². The summed E-state index contributed by atoms with van der Waals surface area (Å²) in [6, 6.07) is 8.01. The first-order valence-corrected chi connectivity index (χ1v) is 13.2. The van der Waals surface area contributed by atoms with E-state index in [0.29, 0.717) is 38.2 Å². The van der Waals surface area contributed by atoms with Gasteiger partial charge in [0.25, 0.3) is 0 Å². The van der Waals surface area contributed by atoms with Gasteiger partial charge in [-0.3, -0.25) is 9.69 Å². The Morgan fingerprint density at radius 3 is 2.38 bits per heavy atom. The van der Waals surface area contributed by atoms with E-state index in [9.17, 15) is 19.5 Å². The summed E-state index contributed by atoms with van der Waals surface area (Å²) in [4.78, 5) is 49.7. The van der Waals surface area contributed by atoms with E-state index in [4.69, 9.17) is 9.47 Å². The van der Waals surface area contributed by atoms with Crippen molar-refractivity contribution >= 4 is 29.7 Å². The van der Waals surface area contributed by atoms with E-state index in [1.165, 1.54) is 18.3 Å². The van der Waals surface area contributed by atoms with E-state index < -0.39 is 23.6 Å². The number of carbonyl (C=O) groups excluding carboxylic acids is 2. The van der Waals surface area contributed by atoms with Crippen molar-refractivity contribution in [1.82, 2.24) is 14.9 Å². The fourth-order valence-corrected chi connectivity index (χ4v) is 4.79. The number of hydrogen-bond acceptors (Lipinski definition) is 9. The van der Waals surface area contributed by atoms with Crippen molar-refractivity contribution in [2.45, 2.75) is 65.1 Å². The highest BCUT2D eigenvalue weighted by Crippen LogP contribution is 2.29. The van der Waals surface area contributed by atoms with Crippen molar-refractivity contribution in [1.29, 1.82) is 0 Å². The normalized spacial score (nSPS) is 14.8. The molecule has 1 aromatic carbocycles. The minimum Gasteiger partial charge on any atom is -0.480 e. The van der Waals surface area contributed by atoms with Crippen LogP contribution in [0.2, 0.25) is 0 Å². The largest absolute Gasteiger partial charge is 0.480 e. The molecule has 39 heavy (non-hydrogen) atoms. The van der Waals surface area contributed by atoms with Gasteiger partial charge in [0, 0.05) is 30.7 Å². The van der Waals surface area contributed by atoms with Crippen LogP contribution in [0.5, 0.6) is 0 Å². The van der Waals surface area contributed by atoms with Gasteiger partial charge in [-0.1, -0.05) is 37.3 Å². The number of carboxylic acid groups (broad SMARTS) is 1. The number of carbonyl (C=O) groups is 3. The predicted molar refractivity (Wildman–Crippen MR) is 146 cm³/mol. The van der Waals surface area contributed by atoms with Crippen molar-refractivity contribution in [3.8, 4) is 0 Å². The van der Waals surface area contributed by atoms with E-state index in [-0.39, 0.29) is 25.0 Å². The number of nitrogens with zero attached hydrogens (tertiary/aromatic N) is 4. The fourth-order valence-electron chi connectivity index (χ4n) is 4.79. The van der Waals surface area contributed by atoms with Crippen LogP contribution in [0.15, 0.2) is 36.7 Å². The highest BCUT2D eigenvalue weighted by atomic mass is 16.6. The zero-order chi connectivity index (χ0) is 28.6. The maximum absolute atomic E-state index is 13.1. The molecule has 0 bridgehead atoms. The lowest BCUT2D eigenvalue weighted by Crippen LogP contribution is -2.57. The summed E-state index contributed by atoms with van der Waals surface area (Å²) in [5.41, 5.74) is 0.820. The Hall–Kier alpha value is -3.89. The molecule has 1 saturated heterocycles. The number of nitrogens with one attached hydrogen (secondary N) is 1. The van der Waals surface area contributed by atoms with Crippen LogP contribution in [0, 0.1) is 5.92 Å². The van der Waals surface area contributed by atoms with E-state index in [1.807, 2.05) is 37.3 Å². The van der Waals surface area contributed by atoms with Crippen molar-refractivity contribution in [3.63, 3.8) is 0 Å². The first kappa shape index (κ1) is 29.7. The second-order valence-electron chi connectivity index (χ2n) is 10.5. The molecule has 1 aliphatic heterocycles. The molecule has 1 aromatic heterocycles. The maximum Gasteiger partial charge on any atom is 0.411 e. The monoisotopic (exact) mass is 541 g/mol. The molecule has 1 fully saturated rings. The Morgan fingerprint density at radius 2 is 1.82 bits per heavy atom. The van der Waals surface area contributed by atoms with Crippen LogP contribution in [-0.2, 0) is 32.1 Å². The van der Waals surface area contributed by atoms with Gasteiger partial charge in [-0.05, 0) is 45.6 Å². The number of aliphatic carboxylic acids is 1. The van der Waals surface area contributed by atoms with Crippen molar-refractivity contribution in [3.05, 3.63) is 47.8 Å². The summed E-state index contributed by atoms with van der Waals surface area (Å²) in [6.45, 7) is 8.53. The highest BCUT2D eigenvalue weighted by molar-refractivity contribution is 5.81. The van der Waals surface area contributed by atoms with Gasteiger partial charge in [0.1, 0.15) is 24.6 Å². The molecule has 0 aliphatic carbocycles. The molecule has 3 rings (SSSR count). The summed E-state index contributed by atoms with van der Waals surface area (Å²) in [6.07, 6.45) is 2.65. The molecule has 2 N–H and O–H groups in total. The SMILES string of the molecule is CCc1c(NC[C@@H](C(=O)O)N(C(=O)OCc2ccccc2)C(C)(C)C)ncnc1N1CCC(C(=O)OC)CC1. The third-order valence-corrected chi connectivity index (χ3v) is 6.79. The minimum atomic E-state index is -1.22. The molecule has 0 spiro atoms. The smallest absolute Gasteiger partial charge is 0.411 e. The van der Waals surface area contributed by atoms with Gasteiger partial charge in [0.2, 0.25) is 0 Å². The number of carboxylic acids is 1. The predicted octanol–water partition coefficient (Wildman–Crippen LogP) is 3.73. The molecule has 0 radical (unpaired) electrons. The number of aromatic nitrogens is 2. The third kappa shape index (κ3) is 7.58. The molecule has 1 amide bonds. The van der Waals surface area contributed by atoms with Gasteiger partial charge in [0.15, 0.2) is 6.04 Å². The highest BCUT2D eigenvalue weighted by Gasteiger charge is 2.39. The van der Waals surface area contributed by atoms with E-state index in [0.717, 1.165) is 16.9 Å². The van der Waals surface area contributed by atoms with Gasteiger partial charge >= 0.3 is 18.0 Å². The zero-order valence-electron chi connectivity index (χ0n) is 23.3. The summed E-state index contributed by atoms with van der Waals surface area (Å²) in [5.74, 6) is -0.222. The number of benzene rings is 1. The number of amides is 1. The first-order valence-electron chi connectivity index (χ1n) is 13.2. The molecule has 0 unspecified atom stereocenters. The van der Waals surface area contributed by atoms with E-state index >= 15 is 0 Å². The van der Waals surface area contributed by atoms with Crippen LogP contribution in [0.25, 0.3) is 0 Å². The standard InChI is InChI=1S/C28H39N5O6/c1-6-21-23(30-18-31-24(21)32-14-12-20(13-15-32)26(36)38-5)29-16-22(25(34)35)33(28(2,3)4)27(37)39-17-19-10-8-7-9-11-19/h7-11,18,20,22H,6,12-17H2,1-5H3,(H,34,35)(H,29,30,31)/t22-/m0/s1. The van der Waals surface area contributed by atoms with Crippen molar-refractivity contribution < 1.29 is 29.0 Å². The number of ether oxygens (including phenoxy) is 2. The fraction of sp³-hybridized carbons (Fsp3) is 0.536.